The minimum Gasteiger partial charge on any atom is -0.489 e. The molecule has 10 rings (SSSR count). The van der Waals surface area contributed by atoms with Crippen molar-refractivity contribution in [2.75, 3.05) is 23.0 Å². The van der Waals surface area contributed by atoms with Gasteiger partial charge in [-0.3, -0.25) is 0 Å². The van der Waals surface area contributed by atoms with Crippen molar-refractivity contribution >= 4 is 57.2 Å². The van der Waals surface area contributed by atoms with Crippen molar-refractivity contribution in [3.63, 3.8) is 0 Å². The van der Waals surface area contributed by atoms with Crippen LogP contribution in [0.5, 0.6) is 11.5 Å². The van der Waals surface area contributed by atoms with E-state index in [4.69, 9.17) is 9.47 Å². The van der Waals surface area contributed by atoms with E-state index in [9.17, 15) is 0 Å². The maximum absolute atomic E-state index is 6.65. The molecular weight excluding hydrogens is 816 g/mol. The summed E-state index contributed by atoms with van der Waals surface area (Å²) in [4.78, 5) is 5.05. The Bertz CT molecular complexity index is 2970. The van der Waals surface area contributed by atoms with Crippen LogP contribution in [0, 0.1) is 6.92 Å². The first-order valence-electron chi connectivity index (χ1n) is 24.4. The molecule has 4 nitrogen and oxygen atoms in total. The van der Waals surface area contributed by atoms with Gasteiger partial charge in [-0.05, 0) is 150 Å². The van der Waals surface area contributed by atoms with E-state index in [0.29, 0.717) is 13.2 Å². The first-order chi connectivity index (χ1) is 31.6. The monoisotopic (exact) mass is 883 g/mol. The summed E-state index contributed by atoms with van der Waals surface area (Å²) in [6.07, 6.45) is 0.839. The fourth-order valence-corrected chi connectivity index (χ4v) is 10.4. The van der Waals surface area contributed by atoms with Gasteiger partial charge in [-0.2, -0.15) is 0 Å². The highest BCUT2D eigenvalue weighted by Gasteiger charge is 2.45. The van der Waals surface area contributed by atoms with E-state index >= 15 is 0 Å². The Balaban J connectivity index is 1.28. The lowest BCUT2D eigenvalue weighted by Crippen LogP contribution is -2.61. The number of fused-ring (bicyclic) bond motifs is 5. The van der Waals surface area contributed by atoms with Crippen LogP contribution in [0.1, 0.15) is 117 Å². The smallest absolute Gasteiger partial charge is 0.252 e. The summed E-state index contributed by atoms with van der Waals surface area (Å²) in [6, 6.07) is 51.4. The minimum absolute atomic E-state index is 0.0234. The fourth-order valence-electron chi connectivity index (χ4n) is 10.4. The van der Waals surface area contributed by atoms with Gasteiger partial charge in [0, 0.05) is 34.9 Å². The van der Waals surface area contributed by atoms with Crippen molar-refractivity contribution in [3.8, 4) is 33.8 Å². The van der Waals surface area contributed by atoms with E-state index in [1.54, 1.807) is 0 Å². The van der Waals surface area contributed by atoms with E-state index in [2.05, 4.69) is 233 Å². The molecule has 3 aliphatic heterocycles. The number of aryl methyl sites for hydroxylation is 1. The number of ether oxygens (including phenoxy) is 2. The minimum atomic E-state index is -0.0580. The van der Waals surface area contributed by atoms with E-state index in [-0.39, 0.29) is 28.4 Å². The van der Waals surface area contributed by atoms with Crippen LogP contribution >= 0.6 is 0 Å². The Morgan fingerprint density at radius 1 is 0.418 bits per heavy atom. The molecule has 7 aromatic carbocycles. The maximum Gasteiger partial charge on any atom is 0.252 e. The molecule has 0 saturated heterocycles. The van der Waals surface area contributed by atoms with Gasteiger partial charge in [0.2, 0.25) is 0 Å². The van der Waals surface area contributed by atoms with Gasteiger partial charge in [0.05, 0.1) is 18.9 Å². The molecule has 0 aromatic heterocycles. The molecule has 0 fully saturated rings. The first kappa shape index (κ1) is 44.6. The summed E-state index contributed by atoms with van der Waals surface area (Å²) in [7, 11) is 0. The topological polar surface area (TPSA) is 24.9 Å². The van der Waals surface area contributed by atoms with Crippen molar-refractivity contribution in [1.29, 1.82) is 0 Å². The Hall–Kier alpha value is -6.20. The molecular formula is C62H67BN2O2. The second-order valence-electron chi connectivity index (χ2n) is 23.4. The number of para-hydroxylation sites is 1. The summed E-state index contributed by atoms with van der Waals surface area (Å²) in [5.41, 5.74) is 22.1. The van der Waals surface area contributed by atoms with Gasteiger partial charge in [-0.25, -0.2) is 0 Å². The van der Waals surface area contributed by atoms with Crippen LogP contribution in [0.4, 0.5) is 34.1 Å². The predicted octanol–water partition coefficient (Wildman–Crippen LogP) is 14.8. The number of nitrogens with zero attached hydrogens (tertiary/aromatic N) is 2. The quantitative estimate of drug-likeness (QED) is 0.164. The highest BCUT2D eigenvalue weighted by Crippen LogP contribution is 2.50. The number of hydrogen-bond donors (Lipinski definition) is 0. The lowest BCUT2D eigenvalue weighted by molar-refractivity contribution is 0.297. The zero-order valence-electron chi connectivity index (χ0n) is 42.1. The second kappa shape index (κ2) is 16.0. The highest BCUT2D eigenvalue weighted by atomic mass is 16.5. The SMILES string of the molecule is Cc1cc2c3c(c1)N(c1cccc4c1OCCCO4)c1ccc(C(C)(C)C)cc1B3c1cc(C(C)(C)C)ccc1N2c1cc(-c2ccc(C(C)(C)C)cc2)cc(-c2ccc(C(C)(C)C)cc2)c1. The Labute approximate surface area is 401 Å². The molecule has 0 unspecified atom stereocenters. The van der Waals surface area contributed by atoms with E-state index < -0.39 is 0 Å². The fraction of sp³-hybridized carbons (Fsp3) is 0.323. The first-order valence-corrected chi connectivity index (χ1v) is 24.4. The van der Waals surface area contributed by atoms with Crippen LogP contribution in [0.15, 0.2) is 133 Å². The Kier molecular flexibility index (Phi) is 10.6. The summed E-state index contributed by atoms with van der Waals surface area (Å²) < 4.78 is 13.0. The molecule has 67 heavy (non-hydrogen) atoms. The third kappa shape index (κ3) is 8.02. The summed E-state index contributed by atoms with van der Waals surface area (Å²) in [5, 5.41) is 0. The lowest BCUT2D eigenvalue weighted by atomic mass is 9.33. The third-order valence-corrected chi connectivity index (χ3v) is 14.3. The molecule has 3 heterocycles. The van der Waals surface area contributed by atoms with E-state index in [1.807, 2.05) is 0 Å². The van der Waals surface area contributed by atoms with Crippen LogP contribution in [-0.4, -0.2) is 19.9 Å². The molecule has 340 valence electrons. The molecule has 0 bridgehead atoms. The second-order valence-corrected chi connectivity index (χ2v) is 23.4. The molecule has 0 amide bonds. The van der Waals surface area contributed by atoms with Crippen molar-refractivity contribution < 1.29 is 9.47 Å². The van der Waals surface area contributed by atoms with E-state index in [1.165, 1.54) is 89.2 Å². The number of hydrogen-bond acceptors (Lipinski definition) is 4. The molecule has 0 spiro atoms. The predicted molar refractivity (Wildman–Crippen MR) is 286 cm³/mol. The average molecular weight is 883 g/mol. The molecule has 0 atom stereocenters. The molecule has 0 radical (unpaired) electrons. The van der Waals surface area contributed by atoms with Gasteiger partial charge >= 0.3 is 0 Å². The van der Waals surface area contributed by atoms with Crippen molar-refractivity contribution in [2.24, 2.45) is 0 Å². The standard InChI is InChI=1S/C62H67BN2O2/c1-39-32-54-57-55(33-39)65(53-16-14-17-56-58(53)67-31-15-30-66-56)52-29-27-47(62(11,12)13)38-50(52)63(57)49-37-46(61(8,9)10)26-28-51(49)64(54)48-35-42(40-18-22-44(23-19-40)59(2,3)4)34-43(36-48)41-20-24-45(25-21-41)60(5,6)7/h14,16-29,32-38H,15,30-31H2,1-13H3. The van der Waals surface area contributed by atoms with Gasteiger partial charge in [0.1, 0.15) is 0 Å². The van der Waals surface area contributed by atoms with Crippen LogP contribution in [0.25, 0.3) is 22.3 Å². The average Bonchev–Trinajstić information content (AvgIpc) is 3.53. The molecule has 7 aromatic rings. The lowest BCUT2D eigenvalue weighted by Gasteiger charge is -2.45. The van der Waals surface area contributed by atoms with Gasteiger partial charge in [0.15, 0.2) is 11.5 Å². The molecule has 5 heteroatoms. The van der Waals surface area contributed by atoms with Crippen LogP contribution in [-0.2, 0) is 21.7 Å². The third-order valence-electron chi connectivity index (χ3n) is 14.3. The van der Waals surface area contributed by atoms with Crippen molar-refractivity contribution in [1.82, 2.24) is 0 Å². The molecule has 3 aliphatic rings. The van der Waals surface area contributed by atoms with Gasteiger partial charge < -0.3 is 19.3 Å². The van der Waals surface area contributed by atoms with Crippen LogP contribution < -0.4 is 35.7 Å². The van der Waals surface area contributed by atoms with Gasteiger partial charge in [0.25, 0.3) is 6.71 Å². The van der Waals surface area contributed by atoms with E-state index in [0.717, 1.165) is 29.3 Å². The largest absolute Gasteiger partial charge is 0.489 e. The van der Waals surface area contributed by atoms with Gasteiger partial charge in [-0.1, -0.05) is 162 Å². The summed E-state index contributed by atoms with van der Waals surface area (Å²) >= 11 is 0. The Morgan fingerprint density at radius 3 is 1.39 bits per heavy atom. The maximum atomic E-state index is 6.65. The number of benzene rings is 7. The molecule has 0 saturated carbocycles. The Morgan fingerprint density at radius 2 is 0.881 bits per heavy atom. The molecule has 0 aliphatic carbocycles. The summed E-state index contributed by atoms with van der Waals surface area (Å²) in [5.74, 6) is 1.60. The van der Waals surface area contributed by atoms with Crippen molar-refractivity contribution in [2.45, 2.75) is 118 Å². The summed E-state index contributed by atoms with van der Waals surface area (Å²) in [6.45, 7) is 31.2. The van der Waals surface area contributed by atoms with Crippen LogP contribution in [0.3, 0.4) is 0 Å². The zero-order chi connectivity index (χ0) is 47.4. The molecule has 0 N–H and O–H groups in total. The number of rotatable bonds is 4. The normalized spacial score (nSPS) is 14.6. The van der Waals surface area contributed by atoms with Crippen molar-refractivity contribution in [3.05, 3.63) is 161 Å². The van der Waals surface area contributed by atoms with Gasteiger partial charge in [-0.15, -0.1) is 0 Å². The zero-order valence-corrected chi connectivity index (χ0v) is 42.1. The highest BCUT2D eigenvalue weighted by molar-refractivity contribution is 7.00. The van der Waals surface area contributed by atoms with Crippen LogP contribution in [0.2, 0.25) is 0 Å². The number of anilines is 6.